The van der Waals surface area contributed by atoms with Crippen molar-refractivity contribution in [3.63, 3.8) is 0 Å². The minimum atomic E-state index is -1.22. The highest BCUT2D eigenvalue weighted by Gasteiger charge is 2.49. The van der Waals surface area contributed by atoms with E-state index >= 15 is 0 Å². The van der Waals surface area contributed by atoms with E-state index in [9.17, 15) is 14.4 Å². The Morgan fingerprint density at radius 3 is 1.63 bits per heavy atom. The molecule has 3 amide bonds. The number of hydrogen-bond acceptors (Lipinski definition) is 8. The van der Waals surface area contributed by atoms with Gasteiger partial charge in [-0.2, -0.15) is 4.90 Å². The minimum Gasteiger partial charge on any atom is -0.486 e. The van der Waals surface area contributed by atoms with Gasteiger partial charge in [-0.05, 0) is 28.8 Å². The number of hydrogen-bond donors (Lipinski definition) is 0. The van der Waals surface area contributed by atoms with E-state index in [1.807, 2.05) is 91.0 Å². The maximum absolute atomic E-state index is 13.5. The molecule has 0 aromatic heterocycles. The monoisotopic (exact) mass is 619 g/mol. The van der Waals surface area contributed by atoms with Crippen molar-refractivity contribution in [1.29, 1.82) is 0 Å². The van der Waals surface area contributed by atoms with Crippen LogP contribution in [0.2, 0.25) is 0 Å². The van der Waals surface area contributed by atoms with Gasteiger partial charge < -0.3 is 23.7 Å². The zero-order valence-corrected chi connectivity index (χ0v) is 25.0. The van der Waals surface area contributed by atoms with Crippen LogP contribution in [-0.4, -0.2) is 53.8 Å². The first-order chi connectivity index (χ1) is 22.5. The molecule has 0 N–H and O–H groups in total. The second-order valence-corrected chi connectivity index (χ2v) is 10.9. The van der Waals surface area contributed by atoms with Crippen molar-refractivity contribution in [3.8, 4) is 0 Å². The van der Waals surface area contributed by atoms with Crippen molar-refractivity contribution in [1.82, 2.24) is 4.90 Å². The number of carbonyl (C=O) groups is 3. The molecule has 1 fully saturated rings. The van der Waals surface area contributed by atoms with Gasteiger partial charge in [0.1, 0.15) is 18.0 Å². The van der Waals surface area contributed by atoms with E-state index in [2.05, 4.69) is 6.58 Å². The lowest BCUT2D eigenvalue weighted by atomic mass is 9.97. The molecule has 2 aliphatic heterocycles. The summed E-state index contributed by atoms with van der Waals surface area (Å²) in [5.41, 5.74) is 3.03. The van der Waals surface area contributed by atoms with E-state index in [0.29, 0.717) is 11.5 Å². The van der Waals surface area contributed by atoms with Crippen molar-refractivity contribution in [2.24, 2.45) is 0 Å². The van der Waals surface area contributed by atoms with Gasteiger partial charge in [-0.15, -0.1) is 0 Å². The number of ether oxygens (including phenoxy) is 5. The van der Waals surface area contributed by atoms with Crippen molar-refractivity contribution in [3.05, 3.63) is 155 Å². The first-order valence-corrected chi connectivity index (χ1v) is 15.0. The average molecular weight is 620 g/mol. The number of benzene rings is 4. The predicted molar refractivity (Wildman–Crippen MR) is 167 cm³/mol. The fraction of sp³-hybridized carbons (Fsp3) is 0.216. The van der Waals surface area contributed by atoms with Crippen molar-refractivity contribution < 1.29 is 38.1 Å². The number of nitrogens with zero attached hydrogens (tertiary/aromatic N) is 1. The molecule has 0 unspecified atom stereocenters. The van der Waals surface area contributed by atoms with E-state index in [0.717, 1.165) is 16.7 Å². The third-order valence-electron chi connectivity index (χ3n) is 7.78. The first kappa shape index (κ1) is 30.9. The van der Waals surface area contributed by atoms with Gasteiger partial charge in [-0.1, -0.05) is 110 Å². The van der Waals surface area contributed by atoms with Gasteiger partial charge in [0, 0.05) is 0 Å². The molecule has 2 aliphatic rings. The molecule has 234 valence electrons. The zero-order valence-electron chi connectivity index (χ0n) is 25.0. The smallest absolute Gasteiger partial charge is 0.424 e. The van der Waals surface area contributed by atoms with Crippen LogP contribution < -0.4 is 0 Å². The Morgan fingerprint density at radius 2 is 1.11 bits per heavy atom. The first-order valence-electron chi connectivity index (χ1n) is 15.0. The summed E-state index contributed by atoms with van der Waals surface area (Å²) in [4.78, 5) is 40.1. The summed E-state index contributed by atoms with van der Waals surface area (Å²) in [6.07, 6.45) is -4.80. The Balaban J connectivity index is 1.26. The summed E-state index contributed by atoms with van der Waals surface area (Å²) >= 11 is 0. The molecule has 4 atom stereocenters. The summed E-state index contributed by atoms with van der Waals surface area (Å²) in [6, 6.07) is 35.1. The molecule has 0 aliphatic carbocycles. The van der Waals surface area contributed by atoms with Crippen LogP contribution in [0.15, 0.2) is 128 Å². The maximum atomic E-state index is 13.5. The van der Waals surface area contributed by atoms with Crippen LogP contribution in [0.25, 0.3) is 0 Å². The van der Waals surface area contributed by atoms with E-state index in [4.69, 9.17) is 23.7 Å². The largest absolute Gasteiger partial charge is 0.486 e. The number of rotatable bonds is 11. The second-order valence-electron chi connectivity index (χ2n) is 10.9. The summed E-state index contributed by atoms with van der Waals surface area (Å²) in [6.45, 7) is 4.88. The fourth-order valence-electron chi connectivity index (χ4n) is 5.46. The van der Waals surface area contributed by atoms with Crippen LogP contribution in [0.1, 0.15) is 37.4 Å². The standard InChI is InChI=1S/C37H33NO8/c1-25-32(46-37(41)38-35(39)29-19-11-12-20-30(29)36(38)40)34(44-23-28-17-9-4-10-18-28)33(43-22-27-15-7-3-8-16-27)31(45-25)24-42-21-26-13-5-2-6-14-26/h2-20,31-34H,1,21-24H2/t31-,32+,33+,34-/m1/s1. The topological polar surface area (TPSA) is 101 Å². The molecule has 9 heteroatoms. The van der Waals surface area contributed by atoms with Gasteiger partial charge in [0.05, 0.1) is 37.6 Å². The Morgan fingerprint density at radius 1 is 0.652 bits per heavy atom. The number of amides is 3. The Kier molecular flexibility index (Phi) is 9.64. The molecule has 4 aromatic rings. The van der Waals surface area contributed by atoms with Gasteiger partial charge in [0.25, 0.3) is 11.8 Å². The quantitative estimate of drug-likeness (QED) is 0.186. The van der Waals surface area contributed by atoms with Crippen molar-refractivity contribution in [2.75, 3.05) is 6.61 Å². The lowest BCUT2D eigenvalue weighted by Crippen LogP contribution is -2.57. The van der Waals surface area contributed by atoms with Crippen LogP contribution in [0.5, 0.6) is 0 Å². The van der Waals surface area contributed by atoms with Crippen LogP contribution >= 0.6 is 0 Å². The maximum Gasteiger partial charge on any atom is 0.424 e. The van der Waals surface area contributed by atoms with Crippen LogP contribution in [0, 0.1) is 0 Å². The average Bonchev–Trinajstić information content (AvgIpc) is 3.35. The van der Waals surface area contributed by atoms with Crippen molar-refractivity contribution in [2.45, 2.75) is 44.2 Å². The van der Waals surface area contributed by atoms with E-state index < -0.39 is 42.3 Å². The number of imide groups is 3. The van der Waals surface area contributed by atoms with Crippen molar-refractivity contribution >= 4 is 17.9 Å². The normalized spacial score (nSPS) is 20.7. The van der Waals surface area contributed by atoms with Gasteiger partial charge in [0.15, 0.2) is 12.2 Å². The Labute approximate surface area is 266 Å². The van der Waals surface area contributed by atoms with Crippen LogP contribution in [0.3, 0.4) is 0 Å². The highest BCUT2D eigenvalue weighted by atomic mass is 16.6. The van der Waals surface area contributed by atoms with Crippen LogP contribution in [-0.2, 0) is 43.5 Å². The van der Waals surface area contributed by atoms with Gasteiger partial charge in [-0.3, -0.25) is 9.59 Å². The summed E-state index contributed by atoms with van der Waals surface area (Å²) in [5.74, 6) is -1.45. The SMILES string of the molecule is C=C1O[C@H](COCc2ccccc2)[C@H](OCc2ccccc2)[C@H](OCc2ccccc2)[C@H]1OC(=O)N1C(=O)c2ccccc2C1=O. The minimum absolute atomic E-state index is 0.0795. The lowest BCUT2D eigenvalue weighted by molar-refractivity contribution is -0.212. The molecular formula is C37H33NO8. The second kappa shape index (κ2) is 14.3. The lowest BCUT2D eigenvalue weighted by Gasteiger charge is -2.43. The molecule has 9 nitrogen and oxygen atoms in total. The molecular weight excluding hydrogens is 586 g/mol. The molecule has 6 rings (SSSR count). The summed E-state index contributed by atoms with van der Waals surface area (Å²) in [5, 5.41) is 0. The predicted octanol–water partition coefficient (Wildman–Crippen LogP) is 6.09. The molecule has 0 radical (unpaired) electrons. The summed E-state index contributed by atoms with van der Waals surface area (Å²) < 4.78 is 31.0. The molecule has 46 heavy (non-hydrogen) atoms. The Hall–Kier alpha value is -5.09. The number of fused-ring (bicyclic) bond motifs is 1. The molecule has 2 heterocycles. The van der Waals surface area contributed by atoms with E-state index in [-0.39, 0.29) is 36.7 Å². The van der Waals surface area contributed by atoms with Crippen LogP contribution in [0.4, 0.5) is 4.79 Å². The fourth-order valence-corrected chi connectivity index (χ4v) is 5.46. The highest BCUT2D eigenvalue weighted by Crippen LogP contribution is 2.33. The Bertz CT molecular complexity index is 1640. The van der Waals surface area contributed by atoms with Gasteiger partial charge in [-0.25, -0.2) is 4.79 Å². The third kappa shape index (κ3) is 6.92. The highest BCUT2D eigenvalue weighted by molar-refractivity contribution is 6.28. The number of carbonyl (C=O) groups excluding carboxylic acids is 3. The van der Waals surface area contributed by atoms with Gasteiger partial charge in [0.2, 0.25) is 0 Å². The van der Waals surface area contributed by atoms with E-state index in [1.165, 1.54) is 12.1 Å². The summed E-state index contributed by atoms with van der Waals surface area (Å²) in [7, 11) is 0. The molecule has 4 aromatic carbocycles. The molecule has 0 bridgehead atoms. The van der Waals surface area contributed by atoms with Gasteiger partial charge >= 0.3 is 6.09 Å². The zero-order chi connectivity index (χ0) is 31.9. The molecule has 0 spiro atoms. The third-order valence-corrected chi connectivity index (χ3v) is 7.78. The molecule has 1 saturated heterocycles. The van der Waals surface area contributed by atoms with E-state index in [1.54, 1.807) is 12.1 Å². The molecule has 0 saturated carbocycles.